The minimum atomic E-state index is -0.926. The van der Waals surface area contributed by atoms with Crippen molar-refractivity contribution in [1.82, 2.24) is 0 Å². The molecule has 33 heavy (non-hydrogen) atoms. The lowest BCUT2D eigenvalue weighted by Gasteiger charge is -2.38. The van der Waals surface area contributed by atoms with Gasteiger partial charge in [0.05, 0.1) is 6.10 Å². The Balaban J connectivity index is 1.32. The molecule has 0 N–H and O–H groups in total. The van der Waals surface area contributed by atoms with E-state index in [2.05, 4.69) is 6.92 Å². The Labute approximate surface area is 194 Å². The molecule has 1 saturated heterocycles. The molecule has 1 heterocycles. The van der Waals surface area contributed by atoms with Crippen LogP contribution in [0.15, 0.2) is 30.3 Å². The predicted molar refractivity (Wildman–Crippen MR) is 122 cm³/mol. The first-order valence-corrected chi connectivity index (χ1v) is 12.5. The summed E-state index contributed by atoms with van der Waals surface area (Å²) in [6.45, 7) is 3.08. The van der Waals surface area contributed by atoms with E-state index in [0.717, 1.165) is 50.8 Å². The molecular weight excluding hydrogens is 428 g/mol. The van der Waals surface area contributed by atoms with Crippen molar-refractivity contribution >= 4 is 0 Å². The minimum Gasteiger partial charge on any atom is -0.378 e. The summed E-state index contributed by atoms with van der Waals surface area (Å²) in [4.78, 5) is 0. The highest BCUT2D eigenvalue weighted by atomic mass is 19.2. The van der Waals surface area contributed by atoms with E-state index in [-0.39, 0.29) is 17.9 Å². The van der Waals surface area contributed by atoms with Crippen LogP contribution in [0.2, 0.25) is 0 Å². The maximum Gasteiger partial charge on any atom is 0.162 e. The molecule has 5 heteroatoms. The molecule has 1 aliphatic carbocycles. The molecule has 0 aromatic heterocycles. The van der Waals surface area contributed by atoms with Gasteiger partial charge in [-0.3, -0.25) is 0 Å². The molecule has 0 bridgehead atoms. The summed E-state index contributed by atoms with van der Waals surface area (Å²) in [5.41, 5.74) is 1.30. The normalized spacial score (nSPS) is 25.8. The number of hydrogen-bond donors (Lipinski definition) is 0. The Bertz CT molecular complexity index is 928. The van der Waals surface area contributed by atoms with Gasteiger partial charge < -0.3 is 4.74 Å². The first-order chi connectivity index (χ1) is 16.0. The van der Waals surface area contributed by atoms with Gasteiger partial charge in [0.25, 0.3) is 0 Å². The van der Waals surface area contributed by atoms with Crippen LogP contribution in [0.5, 0.6) is 0 Å². The fraction of sp³-hybridized carbons (Fsp3) is 0.571. The van der Waals surface area contributed by atoms with Crippen LogP contribution in [0.25, 0.3) is 0 Å². The smallest absolute Gasteiger partial charge is 0.162 e. The van der Waals surface area contributed by atoms with E-state index < -0.39 is 23.3 Å². The number of halogens is 4. The van der Waals surface area contributed by atoms with Crippen molar-refractivity contribution in [3.8, 4) is 0 Å². The summed E-state index contributed by atoms with van der Waals surface area (Å²) in [7, 11) is 0. The Morgan fingerprint density at radius 3 is 2.27 bits per heavy atom. The van der Waals surface area contributed by atoms with E-state index in [9.17, 15) is 17.6 Å². The second kappa shape index (κ2) is 11.0. The summed E-state index contributed by atoms with van der Waals surface area (Å²) in [6.07, 6.45) is 9.37. The summed E-state index contributed by atoms with van der Waals surface area (Å²) in [5, 5.41) is 0. The highest BCUT2D eigenvalue weighted by Gasteiger charge is 2.33. The first-order valence-electron chi connectivity index (χ1n) is 12.5. The third-order valence-corrected chi connectivity index (χ3v) is 7.70. The maximum atomic E-state index is 14.9. The van der Waals surface area contributed by atoms with Crippen LogP contribution < -0.4 is 0 Å². The van der Waals surface area contributed by atoms with Gasteiger partial charge in [-0.05, 0) is 104 Å². The number of ether oxygens (including phenoxy) is 1. The lowest BCUT2D eigenvalue weighted by atomic mass is 9.74. The standard InChI is InChI=1S/C28H34F4O/c1-2-3-19-6-15-26(33-17-19)21-10-8-20(9-11-21)23-13-12-22(27(31)28(23)32)7-4-18-5-14-24(29)25(30)16-18/h5,12-14,16,19-21,26H,2-4,6-11,15,17H2,1H3. The summed E-state index contributed by atoms with van der Waals surface area (Å²) in [5.74, 6) is -2.15. The van der Waals surface area contributed by atoms with Gasteiger partial charge in [0.15, 0.2) is 23.3 Å². The van der Waals surface area contributed by atoms with Gasteiger partial charge >= 0.3 is 0 Å². The quantitative estimate of drug-likeness (QED) is 0.380. The molecule has 1 nitrogen and oxygen atoms in total. The van der Waals surface area contributed by atoms with Crippen molar-refractivity contribution in [2.75, 3.05) is 6.61 Å². The van der Waals surface area contributed by atoms with Gasteiger partial charge in [0, 0.05) is 6.61 Å². The number of hydrogen-bond acceptors (Lipinski definition) is 1. The van der Waals surface area contributed by atoms with Crippen molar-refractivity contribution in [2.45, 2.75) is 83.2 Å². The molecule has 2 aromatic carbocycles. The zero-order valence-corrected chi connectivity index (χ0v) is 19.4. The molecule has 2 fully saturated rings. The van der Waals surface area contributed by atoms with Gasteiger partial charge in [-0.25, -0.2) is 17.6 Å². The zero-order valence-electron chi connectivity index (χ0n) is 19.4. The third-order valence-electron chi connectivity index (χ3n) is 7.70. The molecule has 2 aromatic rings. The van der Waals surface area contributed by atoms with E-state index in [4.69, 9.17) is 4.74 Å². The van der Waals surface area contributed by atoms with Crippen molar-refractivity contribution < 1.29 is 22.3 Å². The summed E-state index contributed by atoms with van der Waals surface area (Å²) >= 11 is 0. The Kier molecular flexibility index (Phi) is 8.11. The fourth-order valence-electron chi connectivity index (χ4n) is 5.72. The lowest BCUT2D eigenvalue weighted by Crippen LogP contribution is -2.34. The molecule has 180 valence electrons. The fourth-order valence-corrected chi connectivity index (χ4v) is 5.72. The summed E-state index contributed by atoms with van der Waals surface area (Å²) in [6, 6.07) is 7.01. The number of aryl methyl sites for hydroxylation is 2. The average molecular weight is 463 g/mol. The van der Waals surface area contributed by atoms with Crippen molar-refractivity contribution in [3.63, 3.8) is 0 Å². The molecule has 0 radical (unpaired) electrons. The maximum absolute atomic E-state index is 14.9. The average Bonchev–Trinajstić information content (AvgIpc) is 2.83. The molecule has 0 amide bonds. The second-order valence-corrected chi connectivity index (χ2v) is 9.91. The largest absolute Gasteiger partial charge is 0.378 e. The van der Waals surface area contributed by atoms with Crippen LogP contribution in [0.1, 0.15) is 80.9 Å². The van der Waals surface area contributed by atoms with E-state index in [0.29, 0.717) is 35.5 Å². The van der Waals surface area contributed by atoms with Gasteiger partial charge in [-0.1, -0.05) is 31.5 Å². The zero-order chi connectivity index (χ0) is 23.4. The van der Waals surface area contributed by atoms with Crippen LogP contribution >= 0.6 is 0 Å². The van der Waals surface area contributed by atoms with Gasteiger partial charge in [0.2, 0.25) is 0 Å². The Morgan fingerprint density at radius 2 is 1.61 bits per heavy atom. The molecule has 1 saturated carbocycles. The van der Waals surface area contributed by atoms with E-state index in [1.165, 1.54) is 25.3 Å². The van der Waals surface area contributed by atoms with Crippen LogP contribution in [-0.4, -0.2) is 12.7 Å². The highest BCUT2D eigenvalue weighted by molar-refractivity contribution is 5.30. The molecule has 4 rings (SSSR count). The van der Waals surface area contributed by atoms with Crippen LogP contribution in [0, 0.1) is 35.1 Å². The monoisotopic (exact) mass is 462 g/mol. The second-order valence-electron chi connectivity index (χ2n) is 9.91. The third kappa shape index (κ3) is 5.79. The van der Waals surface area contributed by atoms with E-state index in [1.807, 2.05) is 0 Å². The van der Waals surface area contributed by atoms with Crippen LogP contribution in [-0.2, 0) is 17.6 Å². The van der Waals surface area contributed by atoms with Crippen molar-refractivity contribution in [1.29, 1.82) is 0 Å². The molecule has 2 unspecified atom stereocenters. The van der Waals surface area contributed by atoms with Crippen molar-refractivity contribution in [3.05, 3.63) is 70.3 Å². The van der Waals surface area contributed by atoms with E-state index >= 15 is 0 Å². The SMILES string of the molecule is CCCC1CCC(C2CCC(c3ccc(CCc4ccc(F)c(F)c4)c(F)c3F)CC2)OC1. The topological polar surface area (TPSA) is 9.23 Å². The van der Waals surface area contributed by atoms with E-state index in [1.54, 1.807) is 12.1 Å². The lowest BCUT2D eigenvalue weighted by molar-refractivity contribution is -0.0576. The van der Waals surface area contributed by atoms with Crippen LogP contribution in [0.3, 0.4) is 0 Å². The number of benzene rings is 2. The highest BCUT2D eigenvalue weighted by Crippen LogP contribution is 2.41. The van der Waals surface area contributed by atoms with Gasteiger partial charge in [-0.2, -0.15) is 0 Å². The molecule has 0 spiro atoms. The van der Waals surface area contributed by atoms with Crippen molar-refractivity contribution in [2.24, 2.45) is 11.8 Å². The minimum absolute atomic E-state index is 0.0347. The Hall–Kier alpha value is -1.88. The Morgan fingerprint density at radius 1 is 0.818 bits per heavy atom. The molecule has 1 aliphatic heterocycles. The summed E-state index contributed by atoms with van der Waals surface area (Å²) < 4.78 is 62.4. The number of rotatable bonds is 7. The first kappa shape index (κ1) is 24.3. The molecule has 2 aliphatic rings. The van der Waals surface area contributed by atoms with Gasteiger partial charge in [-0.15, -0.1) is 0 Å². The molecule has 2 atom stereocenters. The van der Waals surface area contributed by atoms with Crippen LogP contribution in [0.4, 0.5) is 17.6 Å². The van der Waals surface area contributed by atoms with Gasteiger partial charge in [0.1, 0.15) is 0 Å². The molecular formula is C28H34F4O. The predicted octanol–water partition coefficient (Wildman–Crippen LogP) is 7.90.